The molecule has 3 aromatic rings. The number of aromatic amines is 2. The number of fused-ring (bicyclic) bond motifs is 1. The molecule has 0 saturated carbocycles. The molecule has 1 aliphatic rings. The van der Waals surface area contributed by atoms with E-state index in [-0.39, 0.29) is 11.8 Å². The Hall–Kier alpha value is -3.09. The van der Waals surface area contributed by atoms with E-state index in [9.17, 15) is 9.59 Å². The minimum atomic E-state index is -0.0156. The smallest absolute Gasteiger partial charge is 0.270 e. The third-order valence-electron chi connectivity index (χ3n) is 4.57. The zero-order valence-electron chi connectivity index (χ0n) is 13.7. The van der Waals surface area contributed by atoms with Gasteiger partial charge >= 0.3 is 0 Å². The summed E-state index contributed by atoms with van der Waals surface area (Å²) in [6.07, 6.45) is 4.13. The Morgan fingerprint density at radius 3 is 2.52 bits per heavy atom. The van der Waals surface area contributed by atoms with Gasteiger partial charge in [-0.15, -0.1) is 0 Å². The highest BCUT2D eigenvalue weighted by molar-refractivity contribution is 5.97. The van der Waals surface area contributed by atoms with Crippen molar-refractivity contribution >= 4 is 22.8 Å². The molecule has 0 bridgehead atoms. The predicted octanol–water partition coefficient (Wildman–Crippen LogP) is 1.88. The molecule has 2 amide bonds. The Bertz CT molecular complexity index is 899. The van der Waals surface area contributed by atoms with E-state index in [0.29, 0.717) is 37.4 Å². The van der Waals surface area contributed by atoms with Gasteiger partial charge in [0, 0.05) is 37.9 Å². The number of aromatic nitrogens is 3. The standard InChI is InChI=1S/C18H19N5O2/c24-17(13-4-5-14-16(11-13)21-12-20-14)22-7-2-8-23(10-9-22)18(25)15-3-1-6-19-15/h1,3-6,11-12,19H,2,7-10H2,(H,20,21). The summed E-state index contributed by atoms with van der Waals surface area (Å²) >= 11 is 0. The second kappa shape index (κ2) is 6.43. The number of carbonyl (C=O) groups excluding carboxylic acids is 2. The van der Waals surface area contributed by atoms with Gasteiger partial charge in [-0.05, 0) is 36.8 Å². The molecule has 2 N–H and O–H groups in total. The first-order valence-electron chi connectivity index (χ1n) is 8.37. The summed E-state index contributed by atoms with van der Waals surface area (Å²) < 4.78 is 0. The van der Waals surface area contributed by atoms with Crippen LogP contribution in [0.15, 0.2) is 42.9 Å². The van der Waals surface area contributed by atoms with Gasteiger partial charge < -0.3 is 19.8 Å². The van der Waals surface area contributed by atoms with Crippen LogP contribution in [-0.2, 0) is 0 Å². The van der Waals surface area contributed by atoms with Gasteiger partial charge in [0.2, 0.25) is 0 Å². The molecule has 0 aliphatic carbocycles. The first-order valence-corrected chi connectivity index (χ1v) is 8.37. The average Bonchev–Trinajstić information content (AvgIpc) is 3.27. The lowest BCUT2D eigenvalue weighted by atomic mass is 10.1. The van der Waals surface area contributed by atoms with Crippen LogP contribution in [0.4, 0.5) is 0 Å². The van der Waals surface area contributed by atoms with E-state index in [2.05, 4.69) is 15.0 Å². The Morgan fingerprint density at radius 2 is 1.76 bits per heavy atom. The predicted molar refractivity (Wildman–Crippen MR) is 93.3 cm³/mol. The first-order chi connectivity index (χ1) is 12.2. The molecule has 1 fully saturated rings. The van der Waals surface area contributed by atoms with Gasteiger partial charge in [-0.3, -0.25) is 9.59 Å². The van der Waals surface area contributed by atoms with Crippen LogP contribution in [-0.4, -0.2) is 62.7 Å². The molecule has 0 atom stereocenters. The zero-order chi connectivity index (χ0) is 17.2. The molecule has 1 aromatic carbocycles. The van der Waals surface area contributed by atoms with Crippen LogP contribution in [0.1, 0.15) is 27.3 Å². The SMILES string of the molecule is O=C(c1ccc2nc[nH]c2c1)N1CCCN(C(=O)c2ccc[nH]2)CC1. The highest BCUT2D eigenvalue weighted by atomic mass is 16.2. The van der Waals surface area contributed by atoms with Crippen LogP contribution in [0, 0.1) is 0 Å². The zero-order valence-corrected chi connectivity index (χ0v) is 13.7. The fourth-order valence-corrected chi connectivity index (χ4v) is 3.21. The number of carbonyl (C=O) groups is 2. The number of H-pyrrole nitrogens is 2. The molecule has 4 rings (SSSR count). The molecular formula is C18H19N5O2. The van der Waals surface area contributed by atoms with Crippen LogP contribution >= 0.6 is 0 Å². The third kappa shape index (κ3) is 3.00. The summed E-state index contributed by atoms with van der Waals surface area (Å²) in [7, 11) is 0. The van der Waals surface area contributed by atoms with Crippen molar-refractivity contribution in [3.05, 3.63) is 54.1 Å². The van der Waals surface area contributed by atoms with Crippen molar-refractivity contribution in [1.29, 1.82) is 0 Å². The van der Waals surface area contributed by atoms with Gasteiger partial charge in [-0.25, -0.2) is 4.98 Å². The maximum Gasteiger partial charge on any atom is 0.270 e. The topological polar surface area (TPSA) is 85.1 Å². The minimum absolute atomic E-state index is 0.00864. The first kappa shape index (κ1) is 15.4. The lowest BCUT2D eigenvalue weighted by Gasteiger charge is -2.22. The van der Waals surface area contributed by atoms with Gasteiger partial charge in [0.05, 0.1) is 17.4 Å². The van der Waals surface area contributed by atoms with Gasteiger partial charge in [0.25, 0.3) is 11.8 Å². The van der Waals surface area contributed by atoms with Crippen LogP contribution < -0.4 is 0 Å². The van der Waals surface area contributed by atoms with Crippen LogP contribution in [0.25, 0.3) is 11.0 Å². The number of rotatable bonds is 2. The molecule has 128 valence electrons. The molecule has 2 aromatic heterocycles. The molecule has 7 heteroatoms. The molecule has 1 aliphatic heterocycles. The summed E-state index contributed by atoms with van der Waals surface area (Å²) in [5.41, 5.74) is 2.92. The van der Waals surface area contributed by atoms with Crippen molar-refractivity contribution < 1.29 is 9.59 Å². The quantitative estimate of drug-likeness (QED) is 0.749. The fraction of sp³-hybridized carbons (Fsp3) is 0.278. The number of nitrogens with one attached hydrogen (secondary N) is 2. The summed E-state index contributed by atoms with van der Waals surface area (Å²) in [6, 6.07) is 9.07. The maximum atomic E-state index is 12.8. The number of nitrogens with zero attached hydrogens (tertiary/aromatic N) is 3. The van der Waals surface area contributed by atoms with Crippen molar-refractivity contribution in [1.82, 2.24) is 24.8 Å². The molecule has 0 spiro atoms. The number of hydrogen-bond donors (Lipinski definition) is 2. The van der Waals surface area contributed by atoms with Crippen molar-refractivity contribution in [3.63, 3.8) is 0 Å². The number of hydrogen-bond acceptors (Lipinski definition) is 3. The molecule has 0 radical (unpaired) electrons. The largest absolute Gasteiger partial charge is 0.357 e. The Morgan fingerprint density at radius 1 is 0.960 bits per heavy atom. The molecule has 3 heterocycles. The minimum Gasteiger partial charge on any atom is -0.357 e. The number of imidazole rings is 1. The molecule has 1 saturated heterocycles. The van der Waals surface area contributed by atoms with E-state index in [4.69, 9.17) is 0 Å². The fourth-order valence-electron chi connectivity index (χ4n) is 3.21. The highest BCUT2D eigenvalue weighted by Crippen LogP contribution is 2.15. The second-order valence-electron chi connectivity index (χ2n) is 6.16. The van der Waals surface area contributed by atoms with Crippen LogP contribution in [0.2, 0.25) is 0 Å². The van der Waals surface area contributed by atoms with Gasteiger partial charge in [0.15, 0.2) is 0 Å². The van der Waals surface area contributed by atoms with Crippen molar-refractivity contribution in [2.45, 2.75) is 6.42 Å². The summed E-state index contributed by atoms with van der Waals surface area (Å²) in [5.74, 6) is -0.0242. The molecule has 0 unspecified atom stereocenters. The number of benzene rings is 1. The number of amides is 2. The van der Waals surface area contributed by atoms with E-state index < -0.39 is 0 Å². The lowest BCUT2D eigenvalue weighted by Crippen LogP contribution is -2.37. The second-order valence-corrected chi connectivity index (χ2v) is 6.16. The third-order valence-corrected chi connectivity index (χ3v) is 4.57. The Labute approximate surface area is 144 Å². The van der Waals surface area contributed by atoms with E-state index >= 15 is 0 Å². The normalized spacial score (nSPS) is 15.4. The highest BCUT2D eigenvalue weighted by Gasteiger charge is 2.24. The molecule has 7 nitrogen and oxygen atoms in total. The lowest BCUT2D eigenvalue weighted by molar-refractivity contribution is 0.0716. The average molecular weight is 337 g/mol. The van der Waals surface area contributed by atoms with Crippen molar-refractivity contribution in [2.75, 3.05) is 26.2 Å². The summed E-state index contributed by atoms with van der Waals surface area (Å²) in [5, 5.41) is 0. The van der Waals surface area contributed by atoms with Gasteiger partial charge in [-0.2, -0.15) is 0 Å². The van der Waals surface area contributed by atoms with E-state index in [1.165, 1.54) is 0 Å². The van der Waals surface area contributed by atoms with Crippen molar-refractivity contribution in [2.24, 2.45) is 0 Å². The van der Waals surface area contributed by atoms with Crippen LogP contribution in [0.3, 0.4) is 0 Å². The van der Waals surface area contributed by atoms with E-state index in [0.717, 1.165) is 17.5 Å². The van der Waals surface area contributed by atoms with Gasteiger partial charge in [-0.1, -0.05) is 0 Å². The van der Waals surface area contributed by atoms with E-state index in [1.54, 1.807) is 29.6 Å². The van der Waals surface area contributed by atoms with Crippen LogP contribution in [0.5, 0.6) is 0 Å². The molecular weight excluding hydrogens is 318 g/mol. The monoisotopic (exact) mass is 337 g/mol. The molecule has 25 heavy (non-hydrogen) atoms. The van der Waals surface area contributed by atoms with E-state index in [1.807, 2.05) is 23.1 Å². The van der Waals surface area contributed by atoms with Crippen molar-refractivity contribution in [3.8, 4) is 0 Å². The summed E-state index contributed by atoms with van der Waals surface area (Å²) in [6.45, 7) is 2.37. The Kier molecular flexibility index (Phi) is 3.97. The summed E-state index contributed by atoms with van der Waals surface area (Å²) in [4.78, 5) is 39.0. The Balaban J connectivity index is 1.46. The van der Waals surface area contributed by atoms with Gasteiger partial charge in [0.1, 0.15) is 5.69 Å². The maximum absolute atomic E-state index is 12.8.